The lowest BCUT2D eigenvalue weighted by Crippen LogP contribution is -2.00. The highest BCUT2D eigenvalue weighted by Gasteiger charge is 2.24. The molecule has 6 nitrogen and oxygen atoms in total. The number of pyridine rings is 1. The average molecular weight is 219 g/mol. The molecule has 2 aromatic rings. The molecule has 0 N–H and O–H groups in total. The van der Waals surface area contributed by atoms with Crippen molar-refractivity contribution in [3.05, 3.63) is 39.8 Å². The van der Waals surface area contributed by atoms with Gasteiger partial charge in [-0.15, -0.1) is 0 Å². The van der Waals surface area contributed by atoms with Gasteiger partial charge in [0.25, 0.3) is 5.82 Å². The molecule has 2 rings (SSSR count). The summed E-state index contributed by atoms with van der Waals surface area (Å²) < 4.78 is 1.45. The molecule has 0 spiro atoms. The first-order valence-corrected chi connectivity index (χ1v) is 4.64. The molecule has 0 atom stereocenters. The van der Waals surface area contributed by atoms with Gasteiger partial charge in [0.2, 0.25) is 5.78 Å². The highest BCUT2D eigenvalue weighted by atomic mass is 16.6. The second-order valence-electron chi connectivity index (χ2n) is 3.53. The van der Waals surface area contributed by atoms with Crippen molar-refractivity contribution in [1.29, 1.82) is 0 Å². The number of carbonyl (C=O) groups is 1. The van der Waals surface area contributed by atoms with Gasteiger partial charge in [-0.05, 0) is 28.5 Å². The van der Waals surface area contributed by atoms with Crippen LogP contribution in [0.5, 0.6) is 0 Å². The lowest BCUT2D eigenvalue weighted by Gasteiger charge is -1.96. The maximum Gasteiger partial charge on any atom is 0.390 e. The Morgan fingerprint density at radius 1 is 1.50 bits per heavy atom. The van der Waals surface area contributed by atoms with Crippen LogP contribution < -0.4 is 0 Å². The van der Waals surface area contributed by atoms with Crippen LogP contribution >= 0.6 is 0 Å². The summed E-state index contributed by atoms with van der Waals surface area (Å²) >= 11 is 0. The summed E-state index contributed by atoms with van der Waals surface area (Å²) in [4.78, 5) is 25.2. The van der Waals surface area contributed by atoms with Crippen molar-refractivity contribution < 1.29 is 9.72 Å². The number of hydrogen-bond acceptors (Lipinski definition) is 4. The van der Waals surface area contributed by atoms with Crippen LogP contribution in [0.2, 0.25) is 0 Å². The fourth-order valence-corrected chi connectivity index (χ4v) is 1.56. The SMILES string of the molecule is CC(=O)c1nc([N+](=O)[O-])c2ccc(C)cn12. The Bertz CT molecular complexity index is 601. The van der Waals surface area contributed by atoms with E-state index in [2.05, 4.69) is 4.98 Å². The minimum absolute atomic E-state index is 0.0883. The van der Waals surface area contributed by atoms with E-state index >= 15 is 0 Å². The summed E-state index contributed by atoms with van der Waals surface area (Å²) in [6.07, 6.45) is 1.66. The molecule has 0 bridgehead atoms. The number of aromatic nitrogens is 2. The van der Waals surface area contributed by atoms with Gasteiger partial charge in [0, 0.05) is 13.1 Å². The lowest BCUT2D eigenvalue weighted by molar-refractivity contribution is -0.387. The van der Waals surface area contributed by atoms with Crippen molar-refractivity contribution in [2.24, 2.45) is 0 Å². The number of carbonyl (C=O) groups excluding carboxylic acids is 1. The Balaban J connectivity index is 2.87. The van der Waals surface area contributed by atoms with Crippen molar-refractivity contribution in [2.45, 2.75) is 13.8 Å². The fraction of sp³-hybridized carbons (Fsp3) is 0.200. The molecule has 0 aliphatic rings. The highest BCUT2D eigenvalue weighted by Crippen LogP contribution is 2.21. The van der Waals surface area contributed by atoms with Crippen molar-refractivity contribution >= 4 is 17.1 Å². The van der Waals surface area contributed by atoms with E-state index in [4.69, 9.17) is 0 Å². The molecule has 0 fully saturated rings. The first-order valence-electron chi connectivity index (χ1n) is 4.64. The van der Waals surface area contributed by atoms with Gasteiger partial charge in [0.05, 0.1) is 0 Å². The number of nitro groups is 1. The maximum absolute atomic E-state index is 11.3. The molecule has 0 aliphatic carbocycles. The monoisotopic (exact) mass is 219 g/mol. The normalized spacial score (nSPS) is 10.6. The summed E-state index contributed by atoms with van der Waals surface area (Å²) in [5.41, 5.74) is 1.24. The van der Waals surface area contributed by atoms with E-state index < -0.39 is 4.92 Å². The van der Waals surface area contributed by atoms with Gasteiger partial charge in [0.1, 0.15) is 5.52 Å². The number of hydrogen-bond donors (Lipinski definition) is 0. The van der Waals surface area contributed by atoms with Gasteiger partial charge in [-0.3, -0.25) is 9.20 Å². The first-order chi connectivity index (χ1) is 7.50. The third kappa shape index (κ3) is 1.44. The average Bonchev–Trinajstić information content (AvgIpc) is 2.56. The third-order valence-electron chi connectivity index (χ3n) is 2.25. The fourth-order valence-electron chi connectivity index (χ4n) is 1.56. The number of ketones is 1. The molecule has 0 unspecified atom stereocenters. The predicted molar refractivity (Wildman–Crippen MR) is 56.6 cm³/mol. The van der Waals surface area contributed by atoms with Gasteiger partial charge in [-0.2, -0.15) is 0 Å². The van der Waals surface area contributed by atoms with Crippen LogP contribution in [0.15, 0.2) is 18.3 Å². The zero-order valence-electron chi connectivity index (χ0n) is 8.80. The maximum atomic E-state index is 11.3. The molecular weight excluding hydrogens is 210 g/mol. The van der Waals surface area contributed by atoms with Gasteiger partial charge in [0.15, 0.2) is 0 Å². The van der Waals surface area contributed by atoms with Gasteiger partial charge >= 0.3 is 5.82 Å². The molecular formula is C10H9N3O3. The molecule has 2 aromatic heterocycles. The van der Waals surface area contributed by atoms with Gasteiger partial charge in [-0.1, -0.05) is 6.07 Å². The zero-order chi connectivity index (χ0) is 11.9. The van der Waals surface area contributed by atoms with E-state index in [9.17, 15) is 14.9 Å². The summed E-state index contributed by atoms with van der Waals surface area (Å²) in [5, 5.41) is 10.8. The van der Waals surface area contributed by atoms with E-state index in [0.717, 1.165) is 5.56 Å². The third-order valence-corrected chi connectivity index (χ3v) is 2.25. The predicted octanol–water partition coefficient (Wildman–Crippen LogP) is 1.75. The van der Waals surface area contributed by atoms with Crippen LogP contribution in [-0.4, -0.2) is 20.1 Å². The molecule has 0 amide bonds. The van der Waals surface area contributed by atoms with Crippen molar-refractivity contribution in [3.8, 4) is 0 Å². The molecule has 16 heavy (non-hydrogen) atoms. The molecule has 0 saturated heterocycles. The zero-order valence-corrected chi connectivity index (χ0v) is 8.80. The number of nitrogens with zero attached hydrogens (tertiary/aromatic N) is 3. The first kappa shape index (κ1) is 10.3. The van der Waals surface area contributed by atoms with E-state index in [1.54, 1.807) is 18.3 Å². The minimum atomic E-state index is -0.586. The Morgan fingerprint density at radius 3 is 2.75 bits per heavy atom. The molecule has 0 aromatic carbocycles. The number of Topliss-reactive ketones (excluding diaryl/α,β-unsaturated/α-hetero) is 1. The standard InChI is InChI=1S/C10H9N3O3/c1-6-3-4-8-10(13(15)16)11-9(7(2)14)12(8)5-6/h3-5H,1-2H3. The van der Waals surface area contributed by atoms with Crippen LogP contribution in [0.1, 0.15) is 23.1 Å². The molecule has 0 aliphatic heterocycles. The lowest BCUT2D eigenvalue weighted by atomic mass is 10.3. The highest BCUT2D eigenvalue weighted by molar-refractivity contribution is 5.92. The Labute approximate surface area is 90.7 Å². The second kappa shape index (κ2) is 3.41. The Morgan fingerprint density at radius 2 is 2.19 bits per heavy atom. The van der Waals surface area contributed by atoms with Gasteiger partial charge < -0.3 is 10.1 Å². The molecule has 0 radical (unpaired) electrons. The molecule has 0 saturated carbocycles. The van der Waals surface area contributed by atoms with Crippen molar-refractivity contribution in [3.63, 3.8) is 0 Å². The van der Waals surface area contributed by atoms with Crippen LogP contribution in [0.25, 0.3) is 5.52 Å². The van der Waals surface area contributed by atoms with E-state index in [1.165, 1.54) is 11.3 Å². The number of rotatable bonds is 2. The summed E-state index contributed by atoms with van der Waals surface area (Å²) in [5.74, 6) is -0.496. The molecule has 2 heterocycles. The second-order valence-corrected chi connectivity index (χ2v) is 3.53. The van der Waals surface area contributed by atoms with Crippen molar-refractivity contribution in [1.82, 2.24) is 9.38 Å². The molecule has 82 valence electrons. The number of imidazole rings is 1. The van der Waals surface area contributed by atoms with Crippen LogP contribution in [-0.2, 0) is 0 Å². The Hall–Kier alpha value is -2.24. The number of fused-ring (bicyclic) bond motifs is 1. The van der Waals surface area contributed by atoms with Crippen molar-refractivity contribution in [2.75, 3.05) is 0 Å². The summed E-state index contributed by atoms with van der Waals surface area (Å²) in [7, 11) is 0. The van der Waals surface area contributed by atoms with Gasteiger partial charge in [-0.25, -0.2) is 0 Å². The summed E-state index contributed by atoms with van der Waals surface area (Å²) in [6, 6.07) is 3.33. The van der Waals surface area contributed by atoms with Crippen LogP contribution in [0, 0.1) is 17.0 Å². The Kier molecular flexibility index (Phi) is 2.19. The van der Waals surface area contributed by atoms with E-state index in [-0.39, 0.29) is 17.4 Å². The largest absolute Gasteiger partial charge is 0.390 e. The van der Waals surface area contributed by atoms with E-state index in [1.807, 2.05) is 6.92 Å². The van der Waals surface area contributed by atoms with Crippen LogP contribution in [0.4, 0.5) is 5.82 Å². The topological polar surface area (TPSA) is 77.5 Å². The summed E-state index contributed by atoms with van der Waals surface area (Å²) in [6.45, 7) is 3.18. The minimum Gasteiger partial charge on any atom is -0.358 e. The quantitative estimate of drug-likeness (QED) is 0.438. The number of aryl methyl sites for hydroxylation is 1. The molecule has 6 heteroatoms. The smallest absolute Gasteiger partial charge is 0.358 e. The van der Waals surface area contributed by atoms with E-state index in [0.29, 0.717) is 5.52 Å². The van der Waals surface area contributed by atoms with Crippen LogP contribution in [0.3, 0.4) is 0 Å².